The fourth-order valence-electron chi connectivity index (χ4n) is 1.48. The highest BCUT2D eigenvalue weighted by Crippen LogP contribution is 2.35. The molecule has 5 heteroatoms. The monoisotopic (exact) mass is 402 g/mol. The van der Waals surface area contributed by atoms with Gasteiger partial charge < -0.3 is 4.74 Å². The van der Waals surface area contributed by atoms with Crippen LogP contribution < -0.4 is 4.74 Å². The molecule has 0 atom stereocenters. The number of hydrogen-bond acceptors (Lipinski definition) is 2. The van der Waals surface area contributed by atoms with Gasteiger partial charge in [0.15, 0.2) is 5.78 Å². The Balaban J connectivity index is 2.31. The Kier molecular flexibility index (Phi) is 4.66. The van der Waals surface area contributed by atoms with Crippen LogP contribution in [0.15, 0.2) is 45.3 Å². The number of hydrogen-bond donors (Lipinski definition) is 0. The standard InChI is InChI=1S/C14H9Br2ClO2/c1-8(18)9-2-4-13(11(15)6-9)19-14-5-3-10(17)7-12(14)16/h2-7H,1H3. The van der Waals surface area contributed by atoms with E-state index in [-0.39, 0.29) is 5.78 Å². The lowest BCUT2D eigenvalue weighted by Gasteiger charge is -2.10. The zero-order valence-electron chi connectivity index (χ0n) is 9.91. The summed E-state index contributed by atoms with van der Waals surface area (Å²) < 4.78 is 7.26. The van der Waals surface area contributed by atoms with Crippen molar-refractivity contribution < 1.29 is 9.53 Å². The van der Waals surface area contributed by atoms with Crippen LogP contribution in [0.5, 0.6) is 11.5 Å². The molecule has 98 valence electrons. The fourth-order valence-corrected chi connectivity index (χ4v) is 2.70. The van der Waals surface area contributed by atoms with Gasteiger partial charge >= 0.3 is 0 Å². The molecule has 0 aliphatic carbocycles. The number of Topliss-reactive ketones (excluding diaryl/α,β-unsaturated/α-hetero) is 1. The van der Waals surface area contributed by atoms with E-state index in [9.17, 15) is 4.79 Å². The summed E-state index contributed by atoms with van der Waals surface area (Å²) in [5, 5.41) is 0.630. The van der Waals surface area contributed by atoms with Crippen LogP contribution in [0.4, 0.5) is 0 Å². The molecule has 19 heavy (non-hydrogen) atoms. The first kappa shape index (κ1) is 14.6. The first-order chi connectivity index (χ1) is 8.97. The molecule has 0 aromatic heterocycles. The molecule has 0 saturated heterocycles. The Labute approximate surface area is 133 Å². The Morgan fingerprint density at radius 1 is 1.05 bits per heavy atom. The lowest BCUT2D eigenvalue weighted by molar-refractivity contribution is 0.101. The maximum absolute atomic E-state index is 11.3. The number of benzene rings is 2. The Morgan fingerprint density at radius 3 is 2.16 bits per heavy atom. The van der Waals surface area contributed by atoms with Crippen molar-refractivity contribution in [2.75, 3.05) is 0 Å². The molecule has 0 aliphatic rings. The Hall–Kier alpha value is -0.840. The minimum absolute atomic E-state index is 0.0138. The quantitative estimate of drug-likeness (QED) is 0.599. The van der Waals surface area contributed by atoms with Gasteiger partial charge in [-0.25, -0.2) is 0 Å². The van der Waals surface area contributed by atoms with Crippen molar-refractivity contribution in [2.45, 2.75) is 6.92 Å². The predicted molar refractivity (Wildman–Crippen MR) is 83.4 cm³/mol. The molecule has 0 radical (unpaired) electrons. The highest BCUT2D eigenvalue weighted by atomic mass is 79.9. The number of carbonyl (C=O) groups excluding carboxylic acids is 1. The summed E-state index contributed by atoms with van der Waals surface area (Å²) in [6.45, 7) is 1.53. The SMILES string of the molecule is CC(=O)c1ccc(Oc2ccc(Cl)cc2Br)c(Br)c1. The van der Waals surface area contributed by atoms with Gasteiger partial charge in [0.05, 0.1) is 8.95 Å². The average molecular weight is 404 g/mol. The summed E-state index contributed by atoms with van der Waals surface area (Å²) in [5.41, 5.74) is 0.634. The summed E-state index contributed by atoms with van der Waals surface area (Å²) in [6, 6.07) is 10.5. The van der Waals surface area contributed by atoms with E-state index in [1.165, 1.54) is 6.92 Å². The molecule has 2 rings (SSSR count). The number of ketones is 1. The molecule has 2 nitrogen and oxygen atoms in total. The molecule has 0 aliphatic heterocycles. The highest BCUT2D eigenvalue weighted by molar-refractivity contribution is 9.11. The van der Waals surface area contributed by atoms with E-state index in [2.05, 4.69) is 31.9 Å². The zero-order valence-corrected chi connectivity index (χ0v) is 13.8. The zero-order chi connectivity index (χ0) is 14.0. The van der Waals surface area contributed by atoms with E-state index in [0.29, 0.717) is 22.1 Å². The molecule has 0 heterocycles. The van der Waals surface area contributed by atoms with Gasteiger partial charge in [-0.1, -0.05) is 11.6 Å². The van der Waals surface area contributed by atoms with E-state index >= 15 is 0 Å². The van der Waals surface area contributed by atoms with Gasteiger partial charge in [0.25, 0.3) is 0 Å². The van der Waals surface area contributed by atoms with Crippen LogP contribution >= 0.6 is 43.5 Å². The molecule has 0 saturated carbocycles. The summed E-state index contributed by atoms with van der Waals surface area (Å²) in [5.74, 6) is 1.30. The third-order valence-electron chi connectivity index (χ3n) is 2.45. The van der Waals surface area contributed by atoms with Crippen molar-refractivity contribution in [3.8, 4) is 11.5 Å². The van der Waals surface area contributed by atoms with Crippen LogP contribution in [0, 0.1) is 0 Å². The summed E-state index contributed by atoms with van der Waals surface area (Å²) in [4.78, 5) is 11.3. The maximum atomic E-state index is 11.3. The Bertz CT molecular complexity index is 641. The second-order valence-electron chi connectivity index (χ2n) is 3.88. The number of ether oxygens (including phenoxy) is 1. The molecule has 0 bridgehead atoms. The minimum atomic E-state index is 0.0138. The lowest BCUT2D eigenvalue weighted by Crippen LogP contribution is -1.93. The molecule has 0 amide bonds. The van der Waals surface area contributed by atoms with Crippen LogP contribution in [0.1, 0.15) is 17.3 Å². The molecular formula is C14H9Br2ClO2. The smallest absolute Gasteiger partial charge is 0.159 e. The van der Waals surface area contributed by atoms with Crippen molar-refractivity contribution in [1.29, 1.82) is 0 Å². The van der Waals surface area contributed by atoms with Gasteiger partial charge in [0.1, 0.15) is 11.5 Å². The van der Waals surface area contributed by atoms with E-state index < -0.39 is 0 Å². The first-order valence-corrected chi connectivity index (χ1v) is 7.37. The van der Waals surface area contributed by atoms with Crippen molar-refractivity contribution in [3.05, 3.63) is 55.9 Å². The van der Waals surface area contributed by atoms with Gasteiger partial charge in [-0.2, -0.15) is 0 Å². The average Bonchev–Trinajstić information content (AvgIpc) is 2.34. The van der Waals surface area contributed by atoms with Gasteiger partial charge in [0, 0.05) is 10.6 Å². The first-order valence-electron chi connectivity index (χ1n) is 5.41. The fraction of sp³-hybridized carbons (Fsp3) is 0.0714. The summed E-state index contributed by atoms with van der Waals surface area (Å²) >= 11 is 12.7. The van der Waals surface area contributed by atoms with Crippen molar-refractivity contribution in [1.82, 2.24) is 0 Å². The van der Waals surface area contributed by atoms with Gasteiger partial charge in [0.2, 0.25) is 0 Å². The van der Waals surface area contributed by atoms with Gasteiger partial charge in [-0.05, 0) is 75.2 Å². The molecule has 2 aromatic rings. The highest BCUT2D eigenvalue weighted by Gasteiger charge is 2.09. The van der Waals surface area contributed by atoms with Crippen LogP contribution in [-0.2, 0) is 0 Å². The molecule has 0 N–H and O–H groups in total. The van der Waals surface area contributed by atoms with Crippen LogP contribution in [0.2, 0.25) is 5.02 Å². The van der Waals surface area contributed by atoms with E-state index in [1.807, 2.05) is 0 Å². The maximum Gasteiger partial charge on any atom is 0.159 e. The lowest BCUT2D eigenvalue weighted by atomic mass is 10.1. The van der Waals surface area contributed by atoms with E-state index in [0.717, 1.165) is 8.95 Å². The van der Waals surface area contributed by atoms with Crippen LogP contribution in [0.25, 0.3) is 0 Å². The van der Waals surface area contributed by atoms with Crippen molar-refractivity contribution in [3.63, 3.8) is 0 Å². The molecular weight excluding hydrogens is 395 g/mol. The van der Waals surface area contributed by atoms with Crippen LogP contribution in [0.3, 0.4) is 0 Å². The van der Waals surface area contributed by atoms with Crippen LogP contribution in [-0.4, -0.2) is 5.78 Å². The third-order valence-corrected chi connectivity index (χ3v) is 3.93. The molecule has 0 unspecified atom stereocenters. The summed E-state index contributed by atoms with van der Waals surface area (Å²) in [6.07, 6.45) is 0. The molecule has 2 aromatic carbocycles. The topological polar surface area (TPSA) is 26.3 Å². The van der Waals surface area contributed by atoms with E-state index in [4.69, 9.17) is 16.3 Å². The van der Waals surface area contributed by atoms with Crippen molar-refractivity contribution >= 4 is 49.2 Å². The van der Waals surface area contributed by atoms with E-state index in [1.54, 1.807) is 36.4 Å². The minimum Gasteiger partial charge on any atom is -0.455 e. The number of carbonyl (C=O) groups is 1. The predicted octanol–water partition coefficient (Wildman–Crippen LogP) is 5.86. The van der Waals surface area contributed by atoms with Crippen molar-refractivity contribution in [2.24, 2.45) is 0 Å². The Morgan fingerprint density at radius 2 is 1.63 bits per heavy atom. The van der Waals surface area contributed by atoms with Gasteiger partial charge in [-0.3, -0.25) is 4.79 Å². The molecule has 0 fully saturated rings. The summed E-state index contributed by atoms with van der Waals surface area (Å²) in [7, 11) is 0. The second-order valence-corrected chi connectivity index (χ2v) is 6.02. The third kappa shape index (κ3) is 3.59. The van der Waals surface area contributed by atoms with Gasteiger partial charge in [-0.15, -0.1) is 0 Å². The second kappa shape index (κ2) is 6.07. The largest absolute Gasteiger partial charge is 0.455 e. The molecule has 0 spiro atoms. The normalized spacial score (nSPS) is 10.3. The number of halogens is 3. The number of rotatable bonds is 3.